The Morgan fingerprint density at radius 1 is 0.519 bits per heavy atom. The summed E-state index contributed by atoms with van der Waals surface area (Å²) in [6.45, 7) is 0. The summed E-state index contributed by atoms with van der Waals surface area (Å²) in [7, 11) is 0. The van der Waals surface area contributed by atoms with E-state index in [1.165, 1.54) is 5.56 Å². The highest BCUT2D eigenvalue weighted by Crippen LogP contribution is 2.55. The van der Waals surface area contributed by atoms with Gasteiger partial charge in [-0.3, -0.25) is 0 Å². The van der Waals surface area contributed by atoms with Crippen LogP contribution >= 0.6 is 0 Å². The van der Waals surface area contributed by atoms with Crippen molar-refractivity contribution in [2.24, 2.45) is 0 Å². The van der Waals surface area contributed by atoms with Gasteiger partial charge in [-0.05, 0) is 27.8 Å². The van der Waals surface area contributed by atoms with Gasteiger partial charge in [-0.15, -0.1) is 0 Å². The normalized spacial score (nSPS) is 11.9. The average molecular weight is 350 g/mol. The predicted octanol–water partition coefficient (Wildman–Crippen LogP) is 6.00. The molecule has 1 aliphatic rings. The summed E-state index contributed by atoms with van der Waals surface area (Å²) < 4.78 is 0. The van der Waals surface area contributed by atoms with Crippen LogP contribution in [0.25, 0.3) is 33.4 Å². The van der Waals surface area contributed by atoms with Gasteiger partial charge in [-0.2, -0.15) is 0 Å². The van der Waals surface area contributed by atoms with Gasteiger partial charge < -0.3 is 10.2 Å². The van der Waals surface area contributed by atoms with Crippen LogP contribution in [0.1, 0.15) is 11.1 Å². The van der Waals surface area contributed by atoms with Crippen LogP contribution in [0.3, 0.4) is 0 Å². The van der Waals surface area contributed by atoms with Crippen molar-refractivity contribution in [2.75, 3.05) is 0 Å². The first-order valence-electron chi connectivity index (χ1n) is 9.05. The minimum Gasteiger partial charge on any atom is -0.504 e. The Bertz CT molecular complexity index is 1140. The molecule has 0 unspecified atom stereocenters. The number of phenolic OH excluding ortho intramolecular Hbond substituents is 2. The molecule has 4 aromatic rings. The summed E-state index contributed by atoms with van der Waals surface area (Å²) in [5, 5.41) is 21.8. The summed E-state index contributed by atoms with van der Waals surface area (Å²) in [6, 6.07) is 28.1. The van der Waals surface area contributed by atoms with Crippen molar-refractivity contribution in [3.05, 3.63) is 96.1 Å². The average Bonchev–Trinajstić information content (AvgIpc) is 3.11. The number of aromatic hydroxyl groups is 2. The van der Waals surface area contributed by atoms with E-state index in [2.05, 4.69) is 24.3 Å². The molecule has 0 amide bonds. The predicted molar refractivity (Wildman–Crippen MR) is 109 cm³/mol. The quantitative estimate of drug-likeness (QED) is 0.383. The van der Waals surface area contributed by atoms with Crippen molar-refractivity contribution in [1.29, 1.82) is 0 Å². The first-order chi connectivity index (χ1) is 13.3. The van der Waals surface area contributed by atoms with E-state index in [0.717, 1.165) is 33.4 Å². The number of hydrogen-bond acceptors (Lipinski definition) is 2. The molecule has 2 nitrogen and oxygen atoms in total. The molecule has 27 heavy (non-hydrogen) atoms. The third kappa shape index (κ3) is 2.34. The zero-order chi connectivity index (χ0) is 18.4. The second kappa shape index (κ2) is 6.03. The van der Waals surface area contributed by atoms with E-state index in [1.807, 2.05) is 60.7 Å². The van der Waals surface area contributed by atoms with Crippen molar-refractivity contribution < 1.29 is 10.2 Å². The molecule has 5 rings (SSSR count). The summed E-state index contributed by atoms with van der Waals surface area (Å²) in [5.74, 6) is -0.0636. The Hall–Kier alpha value is -3.52. The Morgan fingerprint density at radius 3 is 1.74 bits per heavy atom. The number of phenols is 2. The van der Waals surface area contributed by atoms with Gasteiger partial charge >= 0.3 is 0 Å². The molecule has 4 aromatic carbocycles. The molecule has 0 saturated carbocycles. The Morgan fingerprint density at radius 2 is 1.07 bits per heavy atom. The van der Waals surface area contributed by atoms with E-state index in [9.17, 15) is 10.2 Å². The van der Waals surface area contributed by atoms with Crippen molar-refractivity contribution in [3.63, 3.8) is 0 Å². The lowest BCUT2D eigenvalue weighted by Crippen LogP contribution is -1.94. The van der Waals surface area contributed by atoms with E-state index >= 15 is 0 Å². The van der Waals surface area contributed by atoms with Crippen molar-refractivity contribution in [2.45, 2.75) is 6.42 Å². The van der Waals surface area contributed by atoms with Gasteiger partial charge in [0.15, 0.2) is 11.5 Å². The molecule has 2 heteroatoms. The van der Waals surface area contributed by atoms with E-state index in [1.54, 1.807) is 0 Å². The van der Waals surface area contributed by atoms with Crippen LogP contribution < -0.4 is 0 Å². The summed E-state index contributed by atoms with van der Waals surface area (Å²) in [4.78, 5) is 0. The largest absolute Gasteiger partial charge is 0.504 e. The third-order valence-electron chi connectivity index (χ3n) is 5.33. The molecule has 1 aliphatic carbocycles. The fourth-order valence-electron chi connectivity index (χ4n) is 4.13. The zero-order valence-corrected chi connectivity index (χ0v) is 14.7. The lowest BCUT2D eigenvalue weighted by atomic mass is 9.86. The fourth-order valence-corrected chi connectivity index (χ4v) is 4.13. The molecule has 0 spiro atoms. The summed E-state index contributed by atoms with van der Waals surface area (Å²) in [6.07, 6.45) is 0.625. The van der Waals surface area contributed by atoms with Crippen LogP contribution in [0.2, 0.25) is 0 Å². The minimum atomic E-state index is -0.0494. The lowest BCUT2D eigenvalue weighted by molar-refractivity contribution is 0.402. The van der Waals surface area contributed by atoms with Crippen molar-refractivity contribution in [1.82, 2.24) is 0 Å². The van der Waals surface area contributed by atoms with Gasteiger partial charge in [0.05, 0.1) is 0 Å². The van der Waals surface area contributed by atoms with Gasteiger partial charge in [0.1, 0.15) is 0 Å². The first kappa shape index (κ1) is 15.7. The molecular weight excluding hydrogens is 332 g/mol. The number of fused-ring (bicyclic) bond motifs is 3. The Kier molecular flexibility index (Phi) is 3.51. The first-order valence-corrected chi connectivity index (χ1v) is 9.05. The maximum atomic E-state index is 11.0. The standard InChI is InChI=1S/C25H18O2/c26-24-20-15-18-13-7-8-14-19(18)23(20)21(16-9-3-1-4-10-16)22(25(24)27)17-11-5-2-6-12-17/h1-14,26-27H,15H2. The minimum absolute atomic E-state index is 0.0141. The smallest absolute Gasteiger partial charge is 0.166 e. The van der Waals surface area contributed by atoms with Gasteiger partial charge in [0, 0.05) is 23.1 Å². The molecule has 0 bridgehead atoms. The van der Waals surface area contributed by atoms with E-state index in [-0.39, 0.29) is 11.5 Å². The highest BCUT2D eigenvalue weighted by atomic mass is 16.3. The van der Waals surface area contributed by atoms with Crippen molar-refractivity contribution in [3.8, 4) is 44.9 Å². The van der Waals surface area contributed by atoms with Crippen molar-refractivity contribution >= 4 is 0 Å². The molecule has 0 atom stereocenters. The molecule has 0 aromatic heterocycles. The SMILES string of the molecule is Oc1c(O)c(-c2ccccc2)c(-c2ccccc2)c2c1Cc1ccccc1-2. The summed E-state index contributed by atoms with van der Waals surface area (Å²) >= 11 is 0. The van der Waals surface area contributed by atoms with E-state index < -0.39 is 0 Å². The zero-order valence-electron chi connectivity index (χ0n) is 14.7. The topological polar surface area (TPSA) is 40.5 Å². The van der Waals surface area contributed by atoms with Crippen LogP contribution in [0, 0.1) is 0 Å². The number of hydrogen-bond donors (Lipinski definition) is 2. The summed E-state index contributed by atoms with van der Waals surface area (Å²) in [5.41, 5.74) is 7.67. The Balaban J connectivity index is 1.95. The number of rotatable bonds is 2. The molecule has 130 valence electrons. The molecule has 0 radical (unpaired) electrons. The second-order valence-corrected chi connectivity index (χ2v) is 6.87. The van der Waals surface area contributed by atoms with Crippen LogP contribution in [-0.2, 0) is 6.42 Å². The lowest BCUT2D eigenvalue weighted by Gasteiger charge is -2.19. The molecule has 2 N–H and O–H groups in total. The van der Waals surface area contributed by atoms with Gasteiger partial charge in [-0.1, -0.05) is 84.9 Å². The second-order valence-electron chi connectivity index (χ2n) is 6.87. The van der Waals surface area contributed by atoms with Gasteiger partial charge in [-0.25, -0.2) is 0 Å². The molecule has 0 aliphatic heterocycles. The molecule has 0 heterocycles. The van der Waals surface area contributed by atoms with Crippen LogP contribution in [0.15, 0.2) is 84.9 Å². The molecular formula is C25H18O2. The van der Waals surface area contributed by atoms with Crippen LogP contribution in [-0.4, -0.2) is 10.2 Å². The fraction of sp³-hybridized carbons (Fsp3) is 0.0400. The van der Waals surface area contributed by atoms with Gasteiger partial charge in [0.2, 0.25) is 0 Å². The van der Waals surface area contributed by atoms with E-state index in [0.29, 0.717) is 12.0 Å². The highest BCUT2D eigenvalue weighted by molar-refractivity contribution is 6.02. The van der Waals surface area contributed by atoms with Crippen LogP contribution in [0.4, 0.5) is 0 Å². The van der Waals surface area contributed by atoms with Crippen LogP contribution in [0.5, 0.6) is 11.5 Å². The molecule has 0 saturated heterocycles. The Labute approximate surface area is 158 Å². The maximum Gasteiger partial charge on any atom is 0.166 e. The van der Waals surface area contributed by atoms with E-state index in [4.69, 9.17) is 0 Å². The maximum absolute atomic E-state index is 11.0. The molecule has 0 fully saturated rings. The van der Waals surface area contributed by atoms with Gasteiger partial charge in [0.25, 0.3) is 0 Å². The monoisotopic (exact) mass is 350 g/mol. The third-order valence-corrected chi connectivity index (χ3v) is 5.33. The highest BCUT2D eigenvalue weighted by Gasteiger charge is 2.30. The number of benzene rings is 4.